The van der Waals surface area contributed by atoms with E-state index in [2.05, 4.69) is 22.4 Å². The van der Waals surface area contributed by atoms with Gasteiger partial charge in [-0.2, -0.15) is 0 Å². The minimum atomic E-state index is -0.102. The van der Waals surface area contributed by atoms with Crippen LogP contribution in [0.3, 0.4) is 0 Å². The molecule has 0 aliphatic heterocycles. The van der Waals surface area contributed by atoms with Crippen LogP contribution in [0.4, 0.5) is 5.69 Å². The number of amides is 1. The number of hydrogen-bond donors (Lipinski definition) is 1. The third-order valence-corrected chi connectivity index (χ3v) is 3.71. The Bertz CT molecular complexity index is 868. The molecule has 1 amide bonds. The number of nitrogens with zero attached hydrogens (tertiary/aromatic N) is 1. The summed E-state index contributed by atoms with van der Waals surface area (Å²) < 4.78 is 0. The standard InChI is InChI=1S/C19H18N2O/c1-12-5-4-6-15(10-12)19(22)21-17-7-8-20-18-14(3)9-13(2)11-16(17)18/h4-11H,1-3H3,(H,20,21,22). The van der Waals surface area contributed by atoms with Crippen LogP contribution in [0.1, 0.15) is 27.0 Å². The summed E-state index contributed by atoms with van der Waals surface area (Å²) in [6.45, 7) is 6.06. The Labute approximate surface area is 130 Å². The van der Waals surface area contributed by atoms with Crippen molar-refractivity contribution in [3.63, 3.8) is 0 Å². The van der Waals surface area contributed by atoms with Gasteiger partial charge in [-0.3, -0.25) is 9.78 Å². The van der Waals surface area contributed by atoms with Gasteiger partial charge in [0.2, 0.25) is 0 Å². The lowest BCUT2D eigenvalue weighted by molar-refractivity contribution is 0.102. The molecule has 3 nitrogen and oxygen atoms in total. The van der Waals surface area contributed by atoms with E-state index in [1.165, 1.54) is 0 Å². The molecule has 0 radical (unpaired) electrons. The first-order valence-electron chi connectivity index (χ1n) is 7.28. The summed E-state index contributed by atoms with van der Waals surface area (Å²) in [6.07, 6.45) is 1.73. The maximum atomic E-state index is 12.4. The number of nitrogens with one attached hydrogen (secondary N) is 1. The van der Waals surface area contributed by atoms with E-state index in [-0.39, 0.29) is 5.91 Å². The molecule has 0 spiro atoms. The first-order valence-corrected chi connectivity index (χ1v) is 7.28. The van der Waals surface area contributed by atoms with Crippen molar-refractivity contribution in [1.82, 2.24) is 4.98 Å². The van der Waals surface area contributed by atoms with E-state index in [1.807, 2.05) is 51.1 Å². The zero-order valence-corrected chi connectivity index (χ0v) is 13.0. The number of fused-ring (bicyclic) bond motifs is 1. The second-order valence-corrected chi connectivity index (χ2v) is 5.66. The van der Waals surface area contributed by atoms with Crippen LogP contribution >= 0.6 is 0 Å². The SMILES string of the molecule is Cc1cccc(C(=O)Nc2ccnc3c(C)cc(C)cc23)c1. The number of aryl methyl sites for hydroxylation is 3. The third kappa shape index (κ3) is 2.70. The maximum Gasteiger partial charge on any atom is 0.255 e. The zero-order chi connectivity index (χ0) is 15.7. The lowest BCUT2D eigenvalue weighted by atomic mass is 10.1. The Morgan fingerprint density at radius 3 is 2.59 bits per heavy atom. The largest absolute Gasteiger partial charge is 0.321 e. The van der Waals surface area contributed by atoms with Crippen molar-refractivity contribution in [2.24, 2.45) is 0 Å². The van der Waals surface area contributed by atoms with Crippen molar-refractivity contribution >= 4 is 22.5 Å². The summed E-state index contributed by atoms with van der Waals surface area (Å²) in [4.78, 5) is 16.9. The molecule has 1 aromatic heterocycles. The fraction of sp³-hybridized carbons (Fsp3) is 0.158. The normalized spacial score (nSPS) is 10.7. The van der Waals surface area contributed by atoms with E-state index in [0.29, 0.717) is 5.56 Å². The fourth-order valence-corrected chi connectivity index (χ4v) is 2.70. The van der Waals surface area contributed by atoms with Crippen LogP contribution in [0.15, 0.2) is 48.7 Å². The van der Waals surface area contributed by atoms with Gasteiger partial charge in [-0.1, -0.05) is 29.3 Å². The Balaban J connectivity index is 2.02. The predicted octanol–water partition coefficient (Wildman–Crippen LogP) is 4.41. The van der Waals surface area contributed by atoms with Crippen LogP contribution in [0.25, 0.3) is 10.9 Å². The number of hydrogen-bond acceptors (Lipinski definition) is 2. The van der Waals surface area contributed by atoms with Crippen LogP contribution < -0.4 is 5.32 Å². The van der Waals surface area contributed by atoms with Crippen LogP contribution in [0, 0.1) is 20.8 Å². The summed E-state index contributed by atoms with van der Waals surface area (Å²) in [7, 11) is 0. The number of carbonyl (C=O) groups is 1. The number of anilines is 1. The van der Waals surface area contributed by atoms with Crippen molar-refractivity contribution < 1.29 is 4.79 Å². The highest BCUT2D eigenvalue weighted by Crippen LogP contribution is 2.26. The van der Waals surface area contributed by atoms with Gasteiger partial charge in [-0.05, 0) is 50.6 Å². The molecule has 0 aliphatic carbocycles. The van der Waals surface area contributed by atoms with Gasteiger partial charge < -0.3 is 5.32 Å². The summed E-state index contributed by atoms with van der Waals surface area (Å²) in [6, 6.07) is 13.6. The van der Waals surface area contributed by atoms with E-state index in [0.717, 1.165) is 33.3 Å². The average Bonchev–Trinajstić information content (AvgIpc) is 2.48. The molecule has 3 heteroatoms. The molecule has 0 atom stereocenters. The van der Waals surface area contributed by atoms with Gasteiger partial charge >= 0.3 is 0 Å². The molecular formula is C19H18N2O. The van der Waals surface area contributed by atoms with E-state index in [1.54, 1.807) is 6.20 Å². The molecule has 0 aliphatic rings. The Morgan fingerprint density at radius 2 is 1.82 bits per heavy atom. The molecule has 0 saturated carbocycles. The van der Waals surface area contributed by atoms with Crippen LogP contribution in [-0.2, 0) is 0 Å². The number of aromatic nitrogens is 1. The fourth-order valence-electron chi connectivity index (χ4n) is 2.70. The Kier molecular flexibility index (Phi) is 3.63. The summed E-state index contributed by atoms with van der Waals surface area (Å²) in [5.74, 6) is -0.102. The van der Waals surface area contributed by atoms with Gasteiger partial charge in [0.1, 0.15) is 0 Å². The molecule has 0 bridgehead atoms. The van der Waals surface area contributed by atoms with Gasteiger partial charge in [0, 0.05) is 17.1 Å². The Hall–Kier alpha value is -2.68. The minimum Gasteiger partial charge on any atom is -0.321 e. The highest BCUT2D eigenvalue weighted by molar-refractivity contribution is 6.09. The lowest BCUT2D eigenvalue weighted by Gasteiger charge is -2.11. The van der Waals surface area contributed by atoms with Gasteiger partial charge in [0.05, 0.1) is 11.2 Å². The van der Waals surface area contributed by atoms with E-state index < -0.39 is 0 Å². The molecule has 22 heavy (non-hydrogen) atoms. The van der Waals surface area contributed by atoms with Crippen LogP contribution in [0.5, 0.6) is 0 Å². The molecular weight excluding hydrogens is 272 g/mol. The molecule has 2 aromatic carbocycles. The lowest BCUT2D eigenvalue weighted by Crippen LogP contribution is -2.12. The van der Waals surface area contributed by atoms with Crippen molar-refractivity contribution in [3.8, 4) is 0 Å². The molecule has 0 saturated heterocycles. The maximum absolute atomic E-state index is 12.4. The van der Waals surface area contributed by atoms with E-state index in [9.17, 15) is 4.79 Å². The van der Waals surface area contributed by atoms with Crippen molar-refractivity contribution in [1.29, 1.82) is 0 Å². The predicted molar refractivity (Wildman–Crippen MR) is 90.3 cm³/mol. The molecule has 0 fully saturated rings. The first-order chi connectivity index (χ1) is 10.5. The molecule has 1 N–H and O–H groups in total. The number of carbonyl (C=O) groups excluding carboxylic acids is 1. The van der Waals surface area contributed by atoms with Crippen LogP contribution in [0.2, 0.25) is 0 Å². The average molecular weight is 290 g/mol. The molecule has 3 rings (SSSR count). The first kappa shape index (κ1) is 14.3. The smallest absolute Gasteiger partial charge is 0.255 e. The summed E-state index contributed by atoms with van der Waals surface area (Å²) in [5, 5.41) is 3.98. The zero-order valence-electron chi connectivity index (χ0n) is 13.0. The minimum absolute atomic E-state index is 0.102. The quantitative estimate of drug-likeness (QED) is 0.759. The van der Waals surface area contributed by atoms with E-state index in [4.69, 9.17) is 0 Å². The molecule has 1 heterocycles. The molecule has 0 unspecified atom stereocenters. The molecule has 3 aromatic rings. The van der Waals surface area contributed by atoms with Crippen molar-refractivity contribution in [2.45, 2.75) is 20.8 Å². The topological polar surface area (TPSA) is 42.0 Å². The van der Waals surface area contributed by atoms with Gasteiger partial charge in [0.15, 0.2) is 0 Å². The van der Waals surface area contributed by atoms with Gasteiger partial charge in [-0.15, -0.1) is 0 Å². The summed E-state index contributed by atoms with van der Waals surface area (Å²) in [5.41, 5.74) is 5.72. The second kappa shape index (κ2) is 5.60. The number of pyridine rings is 1. The second-order valence-electron chi connectivity index (χ2n) is 5.66. The van der Waals surface area contributed by atoms with Gasteiger partial charge in [-0.25, -0.2) is 0 Å². The van der Waals surface area contributed by atoms with Gasteiger partial charge in [0.25, 0.3) is 5.91 Å². The highest BCUT2D eigenvalue weighted by atomic mass is 16.1. The monoisotopic (exact) mass is 290 g/mol. The third-order valence-electron chi connectivity index (χ3n) is 3.71. The van der Waals surface area contributed by atoms with Crippen LogP contribution in [-0.4, -0.2) is 10.9 Å². The van der Waals surface area contributed by atoms with Crippen molar-refractivity contribution in [3.05, 3.63) is 70.9 Å². The van der Waals surface area contributed by atoms with E-state index >= 15 is 0 Å². The number of rotatable bonds is 2. The number of benzene rings is 2. The summed E-state index contributed by atoms with van der Waals surface area (Å²) >= 11 is 0. The Morgan fingerprint density at radius 1 is 1.00 bits per heavy atom. The van der Waals surface area contributed by atoms with Crippen molar-refractivity contribution in [2.75, 3.05) is 5.32 Å². The molecule has 110 valence electrons. The highest BCUT2D eigenvalue weighted by Gasteiger charge is 2.10.